The van der Waals surface area contributed by atoms with Crippen LogP contribution in [0, 0.1) is 45.0 Å². The molecular weight excluding hydrogens is 633 g/mol. The molecule has 2 aliphatic heterocycles. The van der Waals surface area contributed by atoms with Crippen LogP contribution in [0.5, 0.6) is 11.5 Å². The fourth-order valence-corrected chi connectivity index (χ4v) is 8.29. The predicted octanol–water partition coefficient (Wildman–Crippen LogP) is 5.54. The number of phenols is 1. The molecule has 4 aliphatic rings. The number of halogens is 2. The van der Waals surface area contributed by atoms with Crippen molar-refractivity contribution >= 4 is 52.3 Å². The van der Waals surface area contributed by atoms with Crippen molar-refractivity contribution < 1.29 is 38.3 Å². The summed E-state index contributed by atoms with van der Waals surface area (Å²) >= 11 is 6.05. The summed E-state index contributed by atoms with van der Waals surface area (Å²) in [6.07, 6.45) is 2.14. The Labute approximate surface area is 272 Å². The highest BCUT2D eigenvalue weighted by molar-refractivity contribution is 6.32. The van der Waals surface area contributed by atoms with E-state index in [-0.39, 0.29) is 46.4 Å². The third kappa shape index (κ3) is 4.31. The molecule has 3 aromatic carbocycles. The van der Waals surface area contributed by atoms with Crippen LogP contribution in [0.15, 0.2) is 72.3 Å². The van der Waals surface area contributed by atoms with E-state index in [1.54, 1.807) is 19.1 Å². The Hall–Kier alpha value is -5.10. The van der Waals surface area contributed by atoms with Gasteiger partial charge in [0.15, 0.2) is 11.5 Å². The summed E-state index contributed by atoms with van der Waals surface area (Å²) in [4.78, 5) is 69.3. The van der Waals surface area contributed by atoms with Crippen molar-refractivity contribution in [3.05, 3.63) is 98.8 Å². The monoisotopic (exact) mass is 659 g/mol. The van der Waals surface area contributed by atoms with Crippen LogP contribution in [-0.2, 0) is 19.2 Å². The molecule has 11 nitrogen and oxygen atoms in total. The number of aromatic hydroxyl groups is 1. The number of anilines is 2. The maximum Gasteiger partial charge on any atom is 0.269 e. The number of nitro benzene ring substituents is 1. The van der Waals surface area contributed by atoms with Gasteiger partial charge in [-0.25, -0.2) is 9.29 Å². The van der Waals surface area contributed by atoms with Crippen molar-refractivity contribution in [2.24, 2.45) is 29.1 Å². The van der Waals surface area contributed by atoms with Crippen molar-refractivity contribution in [1.29, 1.82) is 0 Å². The lowest BCUT2D eigenvalue weighted by atomic mass is 9.51. The molecule has 0 bridgehead atoms. The quantitative estimate of drug-likeness (QED) is 0.163. The van der Waals surface area contributed by atoms with Gasteiger partial charge in [0, 0.05) is 18.1 Å². The highest BCUT2D eigenvalue weighted by Crippen LogP contribution is 2.64. The molecule has 1 N–H and O–H groups in total. The van der Waals surface area contributed by atoms with Gasteiger partial charge in [0.2, 0.25) is 23.6 Å². The lowest BCUT2D eigenvalue weighted by Crippen LogP contribution is -2.48. The van der Waals surface area contributed by atoms with Crippen LogP contribution in [0.25, 0.3) is 0 Å². The van der Waals surface area contributed by atoms with Gasteiger partial charge < -0.3 is 9.84 Å². The number of phenolic OH excluding ortho intramolecular Hbond substituents is 1. The van der Waals surface area contributed by atoms with Gasteiger partial charge in [-0.2, -0.15) is 0 Å². The van der Waals surface area contributed by atoms with E-state index in [9.17, 15) is 38.8 Å². The van der Waals surface area contributed by atoms with Crippen molar-refractivity contribution in [3.63, 3.8) is 0 Å². The Bertz CT molecular complexity index is 1950. The molecule has 2 saturated heterocycles. The number of methoxy groups -OCH3 is 1. The summed E-state index contributed by atoms with van der Waals surface area (Å²) < 4.78 is 19.5. The molecule has 240 valence electrons. The van der Waals surface area contributed by atoms with Crippen LogP contribution in [-0.4, -0.2) is 40.8 Å². The number of nitrogens with zero attached hydrogens (tertiary/aromatic N) is 3. The Morgan fingerprint density at radius 1 is 0.957 bits per heavy atom. The minimum absolute atomic E-state index is 0.0817. The second kappa shape index (κ2) is 10.7. The molecule has 13 heteroatoms. The molecule has 2 aliphatic carbocycles. The lowest BCUT2D eigenvalue weighted by Gasteiger charge is -2.49. The summed E-state index contributed by atoms with van der Waals surface area (Å²) in [5.74, 6) is -6.64. The van der Waals surface area contributed by atoms with Crippen molar-refractivity contribution in [2.45, 2.75) is 25.7 Å². The number of fused-ring (bicyclic) bond motifs is 4. The Kier molecular flexibility index (Phi) is 6.97. The van der Waals surface area contributed by atoms with Gasteiger partial charge in [0.1, 0.15) is 5.82 Å². The van der Waals surface area contributed by atoms with Crippen molar-refractivity contribution in [1.82, 2.24) is 0 Å². The number of hydrogen-bond donors (Lipinski definition) is 1. The number of non-ortho nitro benzene ring substituents is 1. The number of imide groups is 2. The van der Waals surface area contributed by atoms with Gasteiger partial charge in [0.25, 0.3) is 5.69 Å². The van der Waals surface area contributed by atoms with Gasteiger partial charge in [-0.05, 0) is 73.7 Å². The zero-order valence-corrected chi connectivity index (χ0v) is 25.8. The molecule has 2 heterocycles. The van der Waals surface area contributed by atoms with Crippen LogP contribution in [0.4, 0.5) is 21.5 Å². The fourth-order valence-electron chi connectivity index (χ4n) is 8.12. The third-order valence-corrected chi connectivity index (χ3v) is 10.6. The van der Waals surface area contributed by atoms with Crippen LogP contribution in [0.1, 0.15) is 31.2 Å². The minimum Gasteiger partial charge on any atom is -0.504 e. The van der Waals surface area contributed by atoms with E-state index < -0.39 is 69.4 Å². The summed E-state index contributed by atoms with van der Waals surface area (Å²) in [6, 6.07) is 13.4. The number of amides is 4. The summed E-state index contributed by atoms with van der Waals surface area (Å²) in [5.41, 5.74) is 0.0159. The Morgan fingerprint density at radius 3 is 2.32 bits per heavy atom. The summed E-state index contributed by atoms with van der Waals surface area (Å²) in [5, 5.41) is 21.3. The summed E-state index contributed by atoms with van der Waals surface area (Å²) in [6.45, 7) is 1.70. The maximum atomic E-state index is 14.5. The van der Waals surface area contributed by atoms with Crippen molar-refractivity contribution in [3.8, 4) is 11.5 Å². The normalized spacial score (nSPS) is 28.2. The molecule has 6 atom stereocenters. The second-order valence-electron chi connectivity index (χ2n) is 12.5. The van der Waals surface area contributed by atoms with E-state index in [2.05, 4.69) is 0 Å². The molecular formula is C34H27ClFN3O8. The van der Waals surface area contributed by atoms with Crippen LogP contribution in [0.3, 0.4) is 0 Å². The van der Waals surface area contributed by atoms with Crippen LogP contribution < -0.4 is 14.5 Å². The number of allylic oxidation sites excluding steroid dienone is 2. The van der Waals surface area contributed by atoms with E-state index in [1.165, 1.54) is 49.6 Å². The fraction of sp³-hybridized carbons (Fsp3) is 0.294. The average Bonchev–Trinajstić information content (AvgIpc) is 3.42. The maximum absolute atomic E-state index is 14.5. The topological polar surface area (TPSA) is 147 Å². The highest BCUT2D eigenvalue weighted by Gasteiger charge is 2.67. The zero-order chi connectivity index (χ0) is 33.5. The first kappa shape index (κ1) is 30.5. The predicted molar refractivity (Wildman–Crippen MR) is 166 cm³/mol. The molecule has 0 radical (unpaired) electrons. The number of hydrogen-bond acceptors (Lipinski definition) is 8. The van der Waals surface area contributed by atoms with Gasteiger partial charge in [-0.15, -0.1) is 0 Å². The van der Waals surface area contributed by atoms with Crippen LogP contribution >= 0.6 is 11.6 Å². The Balaban J connectivity index is 1.35. The van der Waals surface area contributed by atoms with E-state index in [1.807, 2.05) is 6.08 Å². The molecule has 0 aromatic heterocycles. The first-order valence-corrected chi connectivity index (χ1v) is 15.3. The molecule has 7 rings (SSSR count). The molecule has 6 unspecified atom stereocenters. The van der Waals surface area contributed by atoms with Gasteiger partial charge in [0.05, 0.1) is 51.6 Å². The van der Waals surface area contributed by atoms with Gasteiger partial charge in [-0.1, -0.05) is 29.3 Å². The minimum atomic E-state index is -1.38. The van der Waals surface area contributed by atoms with Crippen LogP contribution in [0.2, 0.25) is 5.02 Å². The third-order valence-electron chi connectivity index (χ3n) is 10.3. The van der Waals surface area contributed by atoms with E-state index >= 15 is 0 Å². The molecule has 0 spiro atoms. The number of nitro groups is 1. The first-order chi connectivity index (χ1) is 22.4. The molecule has 3 fully saturated rings. The number of benzene rings is 3. The standard InChI is InChI=1S/C34H27ClFN3O8/c1-34-23(31(42)38(33(34)44)19-8-11-25(36)24(35)14-19)15-22-20(29(34)16-3-12-26(40)27(13-16)47-2)9-10-21-28(22)32(43)37(30(21)41)17-4-6-18(7-5-17)39(45)46/h3-9,11-14,21-23,28-29,40H,10,15H2,1-2H3. The van der Waals surface area contributed by atoms with E-state index in [4.69, 9.17) is 16.3 Å². The van der Waals surface area contributed by atoms with Gasteiger partial charge >= 0.3 is 0 Å². The number of ether oxygens (including phenoxy) is 1. The molecule has 1 saturated carbocycles. The SMILES string of the molecule is COc1cc(C2C3=CCC4C(=O)N(c5ccc([N+](=O)[O-])cc5)C(=O)C4C3CC3C(=O)N(c4ccc(F)c(Cl)c4)C(=O)C32C)ccc1O. The molecule has 47 heavy (non-hydrogen) atoms. The van der Waals surface area contributed by atoms with E-state index in [0.717, 1.165) is 15.9 Å². The molecule has 4 amide bonds. The largest absolute Gasteiger partial charge is 0.504 e. The number of rotatable bonds is 5. The number of carbonyl (C=O) groups excluding carboxylic acids is 4. The Morgan fingerprint density at radius 2 is 1.66 bits per heavy atom. The second-order valence-corrected chi connectivity index (χ2v) is 12.9. The first-order valence-electron chi connectivity index (χ1n) is 14.9. The summed E-state index contributed by atoms with van der Waals surface area (Å²) in [7, 11) is 1.39. The average molecular weight is 660 g/mol. The van der Waals surface area contributed by atoms with Gasteiger partial charge in [-0.3, -0.25) is 34.2 Å². The zero-order valence-electron chi connectivity index (χ0n) is 25.1. The van der Waals surface area contributed by atoms with E-state index in [0.29, 0.717) is 11.1 Å². The smallest absolute Gasteiger partial charge is 0.269 e. The lowest BCUT2D eigenvalue weighted by molar-refractivity contribution is -0.384. The van der Waals surface area contributed by atoms with Crippen molar-refractivity contribution in [2.75, 3.05) is 16.9 Å². The number of carbonyl (C=O) groups is 4. The molecule has 3 aromatic rings. The highest BCUT2D eigenvalue weighted by atomic mass is 35.5.